The van der Waals surface area contributed by atoms with Crippen LogP contribution in [0.5, 0.6) is 0 Å². The van der Waals surface area contributed by atoms with Crippen molar-refractivity contribution in [1.29, 1.82) is 0 Å². The fourth-order valence-electron chi connectivity index (χ4n) is 3.64. The molecule has 0 radical (unpaired) electrons. The number of para-hydroxylation sites is 1. The van der Waals surface area contributed by atoms with E-state index in [4.69, 9.17) is 17.0 Å². The summed E-state index contributed by atoms with van der Waals surface area (Å²) in [6.07, 6.45) is 0. The molecule has 1 aliphatic heterocycles. The molecule has 1 saturated heterocycles. The van der Waals surface area contributed by atoms with Crippen LogP contribution >= 0.6 is 12.2 Å². The van der Waals surface area contributed by atoms with Gasteiger partial charge < -0.3 is 20.3 Å². The maximum absolute atomic E-state index is 5.59. The largest absolute Gasteiger partial charge is 0.370 e. The van der Waals surface area contributed by atoms with Crippen molar-refractivity contribution in [3.63, 3.8) is 0 Å². The number of hydrogen-bond acceptors (Lipinski definition) is 2. The molecule has 0 bridgehead atoms. The molecule has 1 heterocycles. The Morgan fingerprint density at radius 2 is 1.69 bits per heavy atom. The van der Waals surface area contributed by atoms with Gasteiger partial charge in [0.2, 0.25) is 0 Å². The number of rotatable bonds is 5. The van der Waals surface area contributed by atoms with E-state index in [1.54, 1.807) is 4.90 Å². The van der Waals surface area contributed by atoms with Crippen molar-refractivity contribution in [3.8, 4) is 0 Å². The molecule has 4 nitrogen and oxygen atoms in total. The Hall–Kier alpha value is -1.95. The van der Waals surface area contributed by atoms with Crippen LogP contribution in [0.3, 0.4) is 0 Å². The number of anilines is 1. The Balaban J connectivity index is 1.71. The smallest absolute Gasteiger partial charge is 0.171 e. The van der Waals surface area contributed by atoms with Gasteiger partial charge in [-0.15, -0.1) is 0 Å². The van der Waals surface area contributed by atoms with Crippen molar-refractivity contribution in [2.45, 2.75) is 25.9 Å². The van der Waals surface area contributed by atoms with Crippen molar-refractivity contribution in [2.24, 2.45) is 0 Å². The van der Waals surface area contributed by atoms with E-state index >= 15 is 0 Å². The molecule has 0 saturated carbocycles. The van der Waals surface area contributed by atoms with Crippen LogP contribution in [0.1, 0.15) is 24.1 Å². The SMILES string of the molecule is Cc1ccccc1NC(=S)N[C@H](C)[C@H](c1ccccc1)[NH+]1CCOCC1. The second-order valence-corrected chi connectivity index (χ2v) is 7.27. The van der Waals surface area contributed by atoms with Crippen molar-refractivity contribution in [1.82, 2.24) is 5.32 Å². The van der Waals surface area contributed by atoms with Crippen molar-refractivity contribution < 1.29 is 9.64 Å². The molecule has 0 spiro atoms. The first-order chi connectivity index (χ1) is 12.6. The Labute approximate surface area is 161 Å². The Morgan fingerprint density at radius 1 is 1.04 bits per heavy atom. The highest BCUT2D eigenvalue weighted by atomic mass is 32.1. The van der Waals surface area contributed by atoms with Crippen molar-refractivity contribution in [2.75, 3.05) is 31.6 Å². The van der Waals surface area contributed by atoms with Crippen molar-refractivity contribution >= 4 is 23.0 Å². The quantitative estimate of drug-likeness (QED) is 0.707. The summed E-state index contributed by atoms with van der Waals surface area (Å²) in [7, 11) is 0. The zero-order valence-corrected chi connectivity index (χ0v) is 16.3. The molecule has 26 heavy (non-hydrogen) atoms. The molecule has 0 aromatic heterocycles. The monoisotopic (exact) mass is 370 g/mol. The number of morpholine rings is 1. The minimum absolute atomic E-state index is 0.203. The second kappa shape index (κ2) is 9.12. The molecule has 138 valence electrons. The molecule has 3 rings (SSSR count). The molecule has 0 unspecified atom stereocenters. The van der Waals surface area contributed by atoms with Gasteiger partial charge in [0, 0.05) is 11.3 Å². The van der Waals surface area contributed by atoms with Gasteiger partial charge in [0.15, 0.2) is 5.11 Å². The highest BCUT2D eigenvalue weighted by molar-refractivity contribution is 7.80. The van der Waals surface area contributed by atoms with Crippen molar-refractivity contribution in [3.05, 3.63) is 65.7 Å². The summed E-state index contributed by atoms with van der Waals surface area (Å²) in [4.78, 5) is 1.54. The number of thiocarbonyl (C=S) groups is 1. The van der Waals surface area contributed by atoms with Crippen LogP contribution in [0.4, 0.5) is 5.69 Å². The maximum Gasteiger partial charge on any atom is 0.171 e. The summed E-state index contributed by atoms with van der Waals surface area (Å²) in [6.45, 7) is 7.96. The minimum Gasteiger partial charge on any atom is -0.370 e. The molecule has 1 aliphatic rings. The molecule has 2 aromatic rings. The lowest BCUT2D eigenvalue weighted by Gasteiger charge is -2.35. The number of hydrogen-bond donors (Lipinski definition) is 3. The van der Waals surface area contributed by atoms with E-state index in [1.165, 1.54) is 11.1 Å². The van der Waals surface area contributed by atoms with Gasteiger partial charge in [-0.2, -0.15) is 0 Å². The summed E-state index contributed by atoms with van der Waals surface area (Å²) in [5.41, 5.74) is 3.57. The van der Waals surface area contributed by atoms with E-state index in [9.17, 15) is 0 Å². The fourth-order valence-corrected chi connectivity index (χ4v) is 3.94. The van der Waals surface area contributed by atoms with E-state index in [0.29, 0.717) is 11.2 Å². The molecule has 0 amide bonds. The summed E-state index contributed by atoms with van der Waals surface area (Å²) in [5, 5.41) is 7.51. The molecule has 2 aromatic carbocycles. The fraction of sp³-hybridized carbons (Fsp3) is 0.381. The van der Waals surface area contributed by atoms with E-state index in [-0.39, 0.29) is 6.04 Å². The van der Waals surface area contributed by atoms with Crippen LogP contribution in [0, 0.1) is 6.92 Å². The lowest BCUT2D eigenvalue weighted by Crippen LogP contribution is -3.15. The van der Waals surface area contributed by atoms with E-state index < -0.39 is 0 Å². The predicted octanol–water partition coefficient (Wildman–Crippen LogP) is 2.33. The molecular weight excluding hydrogens is 342 g/mol. The Kier molecular flexibility index (Phi) is 6.61. The van der Waals surface area contributed by atoms with Gasteiger partial charge in [0.25, 0.3) is 0 Å². The van der Waals surface area contributed by atoms with E-state index in [0.717, 1.165) is 32.0 Å². The third-order valence-electron chi connectivity index (χ3n) is 4.99. The summed E-state index contributed by atoms with van der Waals surface area (Å²) >= 11 is 5.59. The van der Waals surface area contributed by atoms with Crippen LogP contribution in [-0.4, -0.2) is 37.5 Å². The lowest BCUT2D eigenvalue weighted by molar-refractivity contribution is -0.940. The average Bonchev–Trinajstić information content (AvgIpc) is 2.65. The first-order valence-corrected chi connectivity index (χ1v) is 9.66. The van der Waals surface area contributed by atoms with Gasteiger partial charge in [-0.05, 0) is 37.7 Å². The first-order valence-electron chi connectivity index (χ1n) is 9.25. The number of benzene rings is 2. The highest BCUT2D eigenvalue weighted by Gasteiger charge is 2.31. The Morgan fingerprint density at radius 3 is 2.38 bits per heavy atom. The van der Waals surface area contributed by atoms with Gasteiger partial charge in [0.1, 0.15) is 19.1 Å². The number of aryl methyl sites for hydroxylation is 1. The minimum atomic E-state index is 0.203. The van der Waals surface area contributed by atoms with Gasteiger partial charge in [-0.3, -0.25) is 0 Å². The first kappa shape index (κ1) is 18.8. The maximum atomic E-state index is 5.59. The zero-order valence-electron chi connectivity index (χ0n) is 15.5. The summed E-state index contributed by atoms with van der Waals surface area (Å²) in [6, 6.07) is 19.4. The van der Waals surface area contributed by atoms with Crippen LogP contribution in [-0.2, 0) is 4.74 Å². The third-order valence-corrected chi connectivity index (χ3v) is 5.21. The third kappa shape index (κ3) is 4.81. The lowest BCUT2D eigenvalue weighted by atomic mass is 9.98. The topological polar surface area (TPSA) is 37.7 Å². The number of ether oxygens (including phenoxy) is 1. The van der Waals surface area contributed by atoms with Gasteiger partial charge in [-0.1, -0.05) is 48.5 Å². The molecule has 0 aliphatic carbocycles. The molecule has 5 heteroatoms. The molecule has 2 atom stereocenters. The average molecular weight is 371 g/mol. The summed E-state index contributed by atoms with van der Waals surface area (Å²) < 4.78 is 5.56. The second-order valence-electron chi connectivity index (χ2n) is 6.86. The molecular formula is C21H28N3OS+. The van der Waals surface area contributed by atoms with Gasteiger partial charge in [-0.25, -0.2) is 0 Å². The molecule has 1 fully saturated rings. The van der Waals surface area contributed by atoms with Gasteiger partial charge in [0.05, 0.1) is 19.3 Å². The highest BCUT2D eigenvalue weighted by Crippen LogP contribution is 2.16. The van der Waals surface area contributed by atoms with E-state index in [1.807, 2.05) is 12.1 Å². The standard InChI is InChI=1S/C21H27N3OS/c1-16-8-6-7-11-19(16)23-21(26)22-17(2)20(18-9-4-3-5-10-18)24-12-14-25-15-13-24/h3-11,17,20H,12-15H2,1-2H3,(H2,22,23,26)/p+1/t17-,20-/m1/s1. The van der Waals surface area contributed by atoms with Crippen LogP contribution < -0.4 is 15.5 Å². The van der Waals surface area contributed by atoms with Crippen LogP contribution in [0.15, 0.2) is 54.6 Å². The summed E-state index contributed by atoms with van der Waals surface area (Å²) in [5.74, 6) is 0. The number of quaternary nitrogens is 1. The predicted molar refractivity (Wildman–Crippen MR) is 111 cm³/mol. The molecule has 3 N–H and O–H groups in total. The zero-order chi connectivity index (χ0) is 18.4. The van der Waals surface area contributed by atoms with Crippen LogP contribution in [0.25, 0.3) is 0 Å². The number of nitrogens with one attached hydrogen (secondary N) is 3. The van der Waals surface area contributed by atoms with Gasteiger partial charge >= 0.3 is 0 Å². The Bertz CT molecular complexity index is 716. The van der Waals surface area contributed by atoms with Crippen LogP contribution in [0.2, 0.25) is 0 Å². The van der Waals surface area contributed by atoms with E-state index in [2.05, 4.69) is 66.9 Å². The normalized spacial score (nSPS) is 17.3.